The van der Waals surface area contributed by atoms with Crippen LogP contribution in [0, 0.1) is 6.92 Å². The number of para-hydroxylation sites is 1. The minimum atomic E-state index is 0.906. The maximum absolute atomic E-state index is 3.53. The molecule has 0 aliphatic rings. The van der Waals surface area contributed by atoms with Gasteiger partial charge in [-0.1, -0.05) is 18.2 Å². The number of benzene rings is 1. The minimum absolute atomic E-state index is 0.906. The lowest BCUT2D eigenvalue weighted by Crippen LogP contribution is -2.12. The molecule has 3 heteroatoms. The van der Waals surface area contributed by atoms with E-state index in [-0.39, 0.29) is 0 Å². The van der Waals surface area contributed by atoms with Gasteiger partial charge in [0.1, 0.15) is 0 Å². The van der Waals surface area contributed by atoms with Crippen molar-refractivity contribution in [2.24, 2.45) is 0 Å². The SMILES string of the molecule is Cc1ccc(CNc2ccccc2CN(C)C)s1. The summed E-state index contributed by atoms with van der Waals surface area (Å²) in [5.74, 6) is 0. The van der Waals surface area contributed by atoms with E-state index in [0.717, 1.165) is 13.1 Å². The predicted molar refractivity (Wildman–Crippen MR) is 80.2 cm³/mol. The molecule has 18 heavy (non-hydrogen) atoms. The first-order chi connectivity index (χ1) is 8.65. The van der Waals surface area contributed by atoms with Crippen LogP contribution < -0.4 is 5.32 Å². The molecule has 0 bridgehead atoms. The van der Waals surface area contributed by atoms with Crippen LogP contribution in [0.5, 0.6) is 0 Å². The van der Waals surface area contributed by atoms with E-state index in [4.69, 9.17) is 0 Å². The van der Waals surface area contributed by atoms with E-state index in [1.807, 2.05) is 11.3 Å². The van der Waals surface area contributed by atoms with Crippen LogP contribution in [0.3, 0.4) is 0 Å². The average Bonchev–Trinajstić information content (AvgIpc) is 2.73. The van der Waals surface area contributed by atoms with Crippen molar-refractivity contribution < 1.29 is 0 Å². The van der Waals surface area contributed by atoms with Crippen molar-refractivity contribution in [2.75, 3.05) is 19.4 Å². The zero-order valence-corrected chi connectivity index (χ0v) is 12.1. The lowest BCUT2D eigenvalue weighted by Gasteiger charge is -2.15. The van der Waals surface area contributed by atoms with Crippen LogP contribution in [0.4, 0.5) is 5.69 Å². The lowest BCUT2D eigenvalue weighted by molar-refractivity contribution is 0.403. The largest absolute Gasteiger partial charge is 0.380 e. The highest BCUT2D eigenvalue weighted by Crippen LogP contribution is 2.20. The van der Waals surface area contributed by atoms with Crippen LogP contribution in [0.2, 0.25) is 0 Å². The van der Waals surface area contributed by atoms with Gasteiger partial charge >= 0.3 is 0 Å². The van der Waals surface area contributed by atoms with Crippen LogP contribution in [-0.4, -0.2) is 19.0 Å². The molecular formula is C15H20N2S. The van der Waals surface area contributed by atoms with E-state index < -0.39 is 0 Å². The van der Waals surface area contributed by atoms with Crippen molar-refractivity contribution in [3.8, 4) is 0 Å². The highest BCUT2D eigenvalue weighted by molar-refractivity contribution is 7.11. The standard InChI is InChI=1S/C15H20N2S/c1-12-8-9-14(18-12)10-16-15-7-5-4-6-13(15)11-17(2)3/h4-9,16H,10-11H2,1-3H3. The molecule has 2 nitrogen and oxygen atoms in total. The molecule has 1 aromatic heterocycles. The first-order valence-corrected chi connectivity index (χ1v) is 6.98. The number of hydrogen-bond donors (Lipinski definition) is 1. The molecular weight excluding hydrogens is 240 g/mol. The first kappa shape index (κ1) is 13.1. The van der Waals surface area contributed by atoms with Crippen molar-refractivity contribution in [1.29, 1.82) is 0 Å². The van der Waals surface area contributed by atoms with Gasteiger partial charge in [-0.2, -0.15) is 0 Å². The maximum atomic E-state index is 3.53. The van der Waals surface area contributed by atoms with E-state index in [1.54, 1.807) is 0 Å². The molecule has 0 atom stereocenters. The summed E-state index contributed by atoms with van der Waals surface area (Å²) < 4.78 is 0. The fourth-order valence-electron chi connectivity index (χ4n) is 1.93. The van der Waals surface area contributed by atoms with Crippen LogP contribution in [0.25, 0.3) is 0 Å². The Balaban J connectivity index is 2.04. The molecule has 0 aliphatic heterocycles. The summed E-state index contributed by atoms with van der Waals surface area (Å²) in [6, 6.07) is 12.9. The Bertz CT molecular complexity index is 503. The van der Waals surface area contributed by atoms with Crippen molar-refractivity contribution in [3.05, 3.63) is 51.7 Å². The molecule has 2 aromatic rings. The second-order valence-electron chi connectivity index (χ2n) is 4.76. The molecule has 1 N–H and O–H groups in total. The Hall–Kier alpha value is -1.32. The van der Waals surface area contributed by atoms with Gasteiger partial charge in [0.25, 0.3) is 0 Å². The lowest BCUT2D eigenvalue weighted by atomic mass is 10.1. The Kier molecular flexibility index (Phi) is 4.39. The van der Waals surface area contributed by atoms with Crippen LogP contribution in [0.15, 0.2) is 36.4 Å². The third kappa shape index (κ3) is 3.59. The van der Waals surface area contributed by atoms with Gasteiger partial charge in [-0.3, -0.25) is 0 Å². The van der Waals surface area contributed by atoms with Crippen LogP contribution in [-0.2, 0) is 13.1 Å². The summed E-state index contributed by atoms with van der Waals surface area (Å²) in [6.07, 6.45) is 0. The van der Waals surface area contributed by atoms with E-state index in [0.29, 0.717) is 0 Å². The van der Waals surface area contributed by atoms with E-state index in [9.17, 15) is 0 Å². The average molecular weight is 260 g/mol. The van der Waals surface area contributed by atoms with Gasteiger partial charge in [0.2, 0.25) is 0 Å². The Morgan fingerprint density at radius 3 is 2.56 bits per heavy atom. The topological polar surface area (TPSA) is 15.3 Å². The summed E-state index contributed by atoms with van der Waals surface area (Å²) in [5.41, 5.74) is 2.58. The number of anilines is 1. The Morgan fingerprint density at radius 2 is 1.89 bits per heavy atom. The van der Waals surface area contributed by atoms with Gasteiger partial charge in [-0.05, 0) is 44.8 Å². The highest BCUT2D eigenvalue weighted by Gasteiger charge is 2.03. The van der Waals surface area contributed by atoms with Crippen molar-refractivity contribution in [1.82, 2.24) is 4.90 Å². The summed E-state index contributed by atoms with van der Waals surface area (Å²) in [5, 5.41) is 3.53. The van der Waals surface area contributed by atoms with Gasteiger partial charge < -0.3 is 10.2 Å². The molecule has 0 unspecified atom stereocenters. The van der Waals surface area contributed by atoms with Gasteiger partial charge in [-0.15, -0.1) is 11.3 Å². The second-order valence-corrected chi connectivity index (χ2v) is 6.13. The Morgan fingerprint density at radius 1 is 1.11 bits per heavy atom. The number of aryl methyl sites for hydroxylation is 1. The first-order valence-electron chi connectivity index (χ1n) is 6.17. The number of thiophene rings is 1. The van der Waals surface area contributed by atoms with Gasteiger partial charge in [0.15, 0.2) is 0 Å². The van der Waals surface area contributed by atoms with Crippen molar-refractivity contribution in [2.45, 2.75) is 20.0 Å². The monoisotopic (exact) mass is 260 g/mol. The molecule has 0 saturated carbocycles. The van der Waals surface area contributed by atoms with Crippen molar-refractivity contribution >= 4 is 17.0 Å². The number of nitrogens with one attached hydrogen (secondary N) is 1. The van der Waals surface area contributed by atoms with Crippen LogP contribution >= 0.6 is 11.3 Å². The molecule has 0 aliphatic carbocycles. The summed E-state index contributed by atoms with van der Waals surface area (Å²) in [6.45, 7) is 4.02. The van der Waals surface area contributed by atoms with Gasteiger partial charge in [0.05, 0.1) is 0 Å². The molecule has 0 fully saturated rings. The quantitative estimate of drug-likeness (QED) is 0.881. The fraction of sp³-hybridized carbons (Fsp3) is 0.333. The third-order valence-corrected chi connectivity index (χ3v) is 3.75. The number of hydrogen-bond acceptors (Lipinski definition) is 3. The zero-order chi connectivity index (χ0) is 13.0. The normalized spacial score (nSPS) is 10.9. The molecule has 0 radical (unpaired) electrons. The molecule has 96 valence electrons. The van der Waals surface area contributed by atoms with E-state index in [2.05, 4.69) is 67.6 Å². The Labute approximate surface area is 113 Å². The summed E-state index contributed by atoms with van der Waals surface area (Å²) >= 11 is 1.85. The maximum Gasteiger partial charge on any atom is 0.0494 e. The molecule has 1 heterocycles. The van der Waals surface area contributed by atoms with E-state index in [1.165, 1.54) is 21.0 Å². The number of nitrogens with zero attached hydrogens (tertiary/aromatic N) is 1. The predicted octanol–water partition coefficient (Wildman–Crippen LogP) is 3.73. The molecule has 0 saturated heterocycles. The second kappa shape index (κ2) is 6.03. The molecule has 0 amide bonds. The van der Waals surface area contributed by atoms with Crippen molar-refractivity contribution in [3.63, 3.8) is 0 Å². The molecule has 2 rings (SSSR count). The smallest absolute Gasteiger partial charge is 0.0494 e. The van der Waals surface area contributed by atoms with Gasteiger partial charge in [0, 0.05) is 28.5 Å². The minimum Gasteiger partial charge on any atom is -0.380 e. The highest BCUT2D eigenvalue weighted by atomic mass is 32.1. The molecule has 0 spiro atoms. The van der Waals surface area contributed by atoms with E-state index >= 15 is 0 Å². The zero-order valence-electron chi connectivity index (χ0n) is 11.2. The molecule has 1 aromatic carbocycles. The van der Waals surface area contributed by atoms with Crippen LogP contribution in [0.1, 0.15) is 15.3 Å². The summed E-state index contributed by atoms with van der Waals surface area (Å²) in [7, 11) is 4.19. The fourth-order valence-corrected chi connectivity index (χ4v) is 2.76. The number of rotatable bonds is 5. The third-order valence-electron chi connectivity index (χ3n) is 2.75. The summed E-state index contributed by atoms with van der Waals surface area (Å²) in [4.78, 5) is 4.94. The van der Waals surface area contributed by atoms with Gasteiger partial charge in [-0.25, -0.2) is 0 Å².